The molecule has 1 heterocycles. The molecule has 2 rings (SSSR count). The van der Waals surface area contributed by atoms with Crippen molar-refractivity contribution in [2.75, 3.05) is 25.4 Å². The van der Waals surface area contributed by atoms with E-state index in [9.17, 15) is 4.79 Å². The summed E-state index contributed by atoms with van der Waals surface area (Å²) in [6, 6.07) is 10.4. The standard InChI is InChI=1S/C16H24N2OS/c19-16(13-20-15-8-11-17-12-9-15)18-10-4-7-14-5-2-1-3-6-14/h1-3,5-6,15,17H,4,7-13H2,(H,18,19). The van der Waals surface area contributed by atoms with Crippen LogP contribution in [-0.4, -0.2) is 36.5 Å². The summed E-state index contributed by atoms with van der Waals surface area (Å²) in [6.07, 6.45) is 4.41. The first kappa shape index (κ1) is 15.4. The Hall–Kier alpha value is -1.00. The van der Waals surface area contributed by atoms with Crippen LogP contribution in [0.3, 0.4) is 0 Å². The number of carbonyl (C=O) groups excluding carboxylic acids is 1. The molecular weight excluding hydrogens is 268 g/mol. The van der Waals surface area contributed by atoms with Gasteiger partial charge in [0.05, 0.1) is 5.75 Å². The van der Waals surface area contributed by atoms with Crippen molar-refractivity contribution in [1.29, 1.82) is 0 Å². The number of rotatable bonds is 7. The fraction of sp³-hybridized carbons (Fsp3) is 0.562. The van der Waals surface area contributed by atoms with Gasteiger partial charge in [-0.05, 0) is 44.3 Å². The van der Waals surface area contributed by atoms with Gasteiger partial charge in [-0.2, -0.15) is 0 Å². The Morgan fingerprint density at radius 3 is 2.75 bits per heavy atom. The van der Waals surface area contributed by atoms with Gasteiger partial charge in [-0.3, -0.25) is 4.79 Å². The van der Waals surface area contributed by atoms with Gasteiger partial charge in [0.2, 0.25) is 5.91 Å². The van der Waals surface area contributed by atoms with E-state index in [0.717, 1.165) is 32.5 Å². The number of benzene rings is 1. The van der Waals surface area contributed by atoms with Gasteiger partial charge in [0.15, 0.2) is 0 Å². The number of thioether (sulfide) groups is 1. The third kappa shape index (κ3) is 5.97. The Kier molecular flexibility index (Phi) is 6.95. The lowest BCUT2D eigenvalue weighted by atomic mass is 10.1. The van der Waals surface area contributed by atoms with Crippen LogP contribution >= 0.6 is 11.8 Å². The summed E-state index contributed by atoms with van der Waals surface area (Å²) >= 11 is 1.81. The highest BCUT2D eigenvalue weighted by Gasteiger charge is 2.14. The lowest BCUT2D eigenvalue weighted by Gasteiger charge is -2.21. The van der Waals surface area contributed by atoms with E-state index in [1.54, 1.807) is 0 Å². The van der Waals surface area contributed by atoms with E-state index in [4.69, 9.17) is 0 Å². The number of carbonyl (C=O) groups is 1. The van der Waals surface area contributed by atoms with Crippen LogP contribution in [0.25, 0.3) is 0 Å². The summed E-state index contributed by atoms with van der Waals surface area (Å²) in [4.78, 5) is 11.7. The summed E-state index contributed by atoms with van der Waals surface area (Å²) in [7, 11) is 0. The van der Waals surface area contributed by atoms with Crippen molar-refractivity contribution in [3.8, 4) is 0 Å². The second-order valence-corrected chi connectivity index (χ2v) is 6.49. The Morgan fingerprint density at radius 1 is 1.25 bits per heavy atom. The Morgan fingerprint density at radius 2 is 2.00 bits per heavy atom. The zero-order chi connectivity index (χ0) is 14.0. The van der Waals surface area contributed by atoms with Crippen molar-refractivity contribution in [3.05, 3.63) is 35.9 Å². The average Bonchev–Trinajstić information content (AvgIpc) is 2.52. The minimum Gasteiger partial charge on any atom is -0.355 e. The van der Waals surface area contributed by atoms with Crippen molar-refractivity contribution >= 4 is 17.7 Å². The second-order valence-electron chi connectivity index (χ2n) is 5.20. The monoisotopic (exact) mass is 292 g/mol. The van der Waals surface area contributed by atoms with Gasteiger partial charge in [-0.15, -0.1) is 11.8 Å². The molecule has 1 aliphatic heterocycles. The van der Waals surface area contributed by atoms with Crippen LogP contribution in [-0.2, 0) is 11.2 Å². The Balaban J connectivity index is 1.51. The van der Waals surface area contributed by atoms with Crippen LogP contribution in [0.5, 0.6) is 0 Å². The van der Waals surface area contributed by atoms with E-state index < -0.39 is 0 Å². The maximum absolute atomic E-state index is 11.7. The molecule has 0 radical (unpaired) electrons. The molecule has 4 heteroatoms. The number of amides is 1. The molecule has 20 heavy (non-hydrogen) atoms. The number of nitrogens with one attached hydrogen (secondary N) is 2. The van der Waals surface area contributed by atoms with E-state index >= 15 is 0 Å². The fourth-order valence-electron chi connectivity index (χ4n) is 2.37. The molecule has 2 N–H and O–H groups in total. The first-order chi connectivity index (χ1) is 9.84. The maximum atomic E-state index is 11.7. The van der Waals surface area contributed by atoms with E-state index in [2.05, 4.69) is 34.9 Å². The third-order valence-electron chi connectivity index (χ3n) is 3.54. The smallest absolute Gasteiger partial charge is 0.230 e. The molecule has 3 nitrogen and oxygen atoms in total. The Bertz CT molecular complexity index is 391. The minimum absolute atomic E-state index is 0.182. The van der Waals surface area contributed by atoms with Crippen LogP contribution in [0, 0.1) is 0 Å². The van der Waals surface area contributed by atoms with Crippen molar-refractivity contribution in [2.24, 2.45) is 0 Å². The number of hydrogen-bond donors (Lipinski definition) is 2. The first-order valence-corrected chi connectivity index (χ1v) is 8.52. The molecule has 1 saturated heterocycles. The van der Waals surface area contributed by atoms with Gasteiger partial charge in [-0.1, -0.05) is 30.3 Å². The quantitative estimate of drug-likeness (QED) is 0.757. The molecular formula is C16H24N2OS. The molecule has 0 aliphatic carbocycles. The molecule has 1 amide bonds. The number of piperidine rings is 1. The van der Waals surface area contributed by atoms with Gasteiger partial charge in [0.1, 0.15) is 0 Å². The molecule has 0 atom stereocenters. The van der Waals surface area contributed by atoms with E-state index in [1.165, 1.54) is 18.4 Å². The second kappa shape index (κ2) is 9.03. The van der Waals surface area contributed by atoms with Crippen molar-refractivity contribution in [1.82, 2.24) is 10.6 Å². The molecule has 1 aromatic carbocycles. The lowest BCUT2D eigenvalue weighted by molar-refractivity contribution is -0.118. The van der Waals surface area contributed by atoms with Crippen LogP contribution in [0.15, 0.2) is 30.3 Å². The van der Waals surface area contributed by atoms with Gasteiger partial charge in [0.25, 0.3) is 0 Å². The molecule has 1 aromatic rings. The van der Waals surface area contributed by atoms with E-state index in [0.29, 0.717) is 11.0 Å². The first-order valence-electron chi connectivity index (χ1n) is 7.47. The predicted molar refractivity (Wildman–Crippen MR) is 86.1 cm³/mol. The van der Waals surface area contributed by atoms with Gasteiger partial charge < -0.3 is 10.6 Å². The van der Waals surface area contributed by atoms with Gasteiger partial charge in [0, 0.05) is 11.8 Å². The molecule has 110 valence electrons. The van der Waals surface area contributed by atoms with Gasteiger partial charge >= 0.3 is 0 Å². The maximum Gasteiger partial charge on any atom is 0.230 e. The molecule has 0 bridgehead atoms. The Labute approximate surface area is 125 Å². The summed E-state index contributed by atoms with van der Waals surface area (Å²) < 4.78 is 0. The van der Waals surface area contributed by atoms with Crippen molar-refractivity contribution < 1.29 is 4.79 Å². The van der Waals surface area contributed by atoms with Crippen LogP contribution in [0.1, 0.15) is 24.8 Å². The van der Waals surface area contributed by atoms with Gasteiger partial charge in [-0.25, -0.2) is 0 Å². The highest BCUT2D eigenvalue weighted by atomic mass is 32.2. The summed E-state index contributed by atoms with van der Waals surface area (Å²) in [6.45, 7) is 2.97. The third-order valence-corrected chi connectivity index (χ3v) is 4.92. The molecule has 1 aliphatic rings. The molecule has 0 aromatic heterocycles. The summed E-state index contributed by atoms with van der Waals surface area (Å²) in [5.41, 5.74) is 1.34. The van der Waals surface area contributed by atoms with E-state index in [1.807, 2.05) is 17.8 Å². The fourth-order valence-corrected chi connectivity index (χ4v) is 3.43. The molecule has 0 unspecified atom stereocenters. The van der Waals surface area contributed by atoms with E-state index in [-0.39, 0.29) is 5.91 Å². The predicted octanol–water partition coefficient (Wildman–Crippen LogP) is 2.22. The highest BCUT2D eigenvalue weighted by Crippen LogP contribution is 2.19. The molecule has 0 saturated carbocycles. The molecule has 1 fully saturated rings. The van der Waals surface area contributed by atoms with Crippen molar-refractivity contribution in [3.63, 3.8) is 0 Å². The van der Waals surface area contributed by atoms with Crippen LogP contribution in [0.4, 0.5) is 0 Å². The average molecular weight is 292 g/mol. The molecule has 0 spiro atoms. The zero-order valence-electron chi connectivity index (χ0n) is 11.9. The highest BCUT2D eigenvalue weighted by molar-refractivity contribution is 8.00. The minimum atomic E-state index is 0.182. The summed E-state index contributed by atoms with van der Waals surface area (Å²) in [5.74, 6) is 0.789. The summed E-state index contributed by atoms with van der Waals surface area (Å²) in [5, 5.41) is 7.02. The normalized spacial score (nSPS) is 16.0. The largest absolute Gasteiger partial charge is 0.355 e. The lowest BCUT2D eigenvalue weighted by Crippen LogP contribution is -2.31. The topological polar surface area (TPSA) is 41.1 Å². The van der Waals surface area contributed by atoms with Crippen LogP contribution < -0.4 is 10.6 Å². The van der Waals surface area contributed by atoms with Crippen molar-refractivity contribution in [2.45, 2.75) is 30.9 Å². The van der Waals surface area contributed by atoms with Crippen LogP contribution in [0.2, 0.25) is 0 Å². The SMILES string of the molecule is O=C(CSC1CCNCC1)NCCCc1ccccc1. The number of aryl methyl sites for hydroxylation is 1. The number of hydrogen-bond acceptors (Lipinski definition) is 3. The zero-order valence-corrected chi connectivity index (χ0v) is 12.8.